The van der Waals surface area contributed by atoms with Crippen LogP contribution in [0.4, 0.5) is 0 Å². The Morgan fingerprint density at radius 3 is 2.61 bits per heavy atom. The molecule has 0 atom stereocenters. The topological polar surface area (TPSA) is 53.1 Å². The van der Waals surface area contributed by atoms with Crippen molar-refractivity contribution < 1.29 is 9.15 Å². The molecule has 114 valence electrons. The Morgan fingerprint density at radius 1 is 1.04 bits per heavy atom. The van der Waals surface area contributed by atoms with Crippen LogP contribution in [0.1, 0.15) is 11.6 Å². The van der Waals surface area contributed by atoms with Crippen molar-refractivity contribution >= 4 is 11.1 Å². The van der Waals surface area contributed by atoms with E-state index in [0.29, 0.717) is 12.5 Å². The van der Waals surface area contributed by atoms with Crippen LogP contribution >= 0.6 is 0 Å². The lowest BCUT2D eigenvalue weighted by atomic mass is 10.3. The van der Waals surface area contributed by atoms with Crippen molar-refractivity contribution in [3.8, 4) is 11.4 Å². The highest BCUT2D eigenvalue weighted by Gasteiger charge is 2.06. The summed E-state index contributed by atoms with van der Waals surface area (Å²) in [4.78, 5) is 4.39. The minimum atomic E-state index is 0.300. The molecule has 0 aliphatic heterocycles. The predicted molar refractivity (Wildman–Crippen MR) is 86.6 cm³/mol. The Morgan fingerprint density at radius 2 is 1.87 bits per heavy atom. The van der Waals surface area contributed by atoms with Crippen molar-refractivity contribution in [1.29, 1.82) is 0 Å². The molecule has 2 heterocycles. The zero-order chi connectivity index (χ0) is 15.6. The molecule has 4 aromatic rings. The van der Waals surface area contributed by atoms with E-state index in [4.69, 9.17) is 9.15 Å². The highest BCUT2D eigenvalue weighted by molar-refractivity contribution is 5.72. The second-order valence-electron chi connectivity index (χ2n) is 5.24. The second-order valence-corrected chi connectivity index (χ2v) is 5.24. The number of nitrogens with zero attached hydrogens (tertiary/aromatic N) is 3. The Balaban J connectivity index is 1.48. The van der Waals surface area contributed by atoms with Gasteiger partial charge in [0.1, 0.15) is 11.3 Å². The van der Waals surface area contributed by atoms with Gasteiger partial charge < -0.3 is 9.15 Å². The minimum absolute atomic E-state index is 0.300. The van der Waals surface area contributed by atoms with Gasteiger partial charge in [-0.05, 0) is 49.4 Å². The number of hydrogen-bond donors (Lipinski definition) is 0. The van der Waals surface area contributed by atoms with Gasteiger partial charge in [0.2, 0.25) is 5.89 Å². The summed E-state index contributed by atoms with van der Waals surface area (Å²) in [5.41, 5.74) is 3.71. The van der Waals surface area contributed by atoms with Gasteiger partial charge in [0.05, 0.1) is 5.69 Å². The lowest BCUT2D eigenvalue weighted by Crippen LogP contribution is -1.99. The maximum absolute atomic E-state index is 5.74. The Hall–Kier alpha value is -3.08. The van der Waals surface area contributed by atoms with Crippen LogP contribution in [-0.2, 0) is 6.61 Å². The van der Waals surface area contributed by atoms with Crippen molar-refractivity contribution in [2.45, 2.75) is 13.5 Å². The molecule has 5 heteroatoms. The number of aryl methyl sites for hydroxylation is 1. The fraction of sp³-hybridized carbons (Fsp3) is 0.111. The number of para-hydroxylation sites is 2. The first kappa shape index (κ1) is 13.6. The summed E-state index contributed by atoms with van der Waals surface area (Å²) in [6.45, 7) is 2.32. The number of rotatable bonds is 4. The molecular formula is C18H15N3O2. The third-order valence-corrected chi connectivity index (χ3v) is 3.61. The van der Waals surface area contributed by atoms with E-state index in [1.807, 2.05) is 66.2 Å². The van der Waals surface area contributed by atoms with Crippen molar-refractivity contribution in [2.24, 2.45) is 0 Å². The maximum Gasteiger partial charge on any atom is 0.233 e. The van der Waals surface area contributed by atoms with Gasteiger partial charge in [0, 0.05) is 11.9 Å². The van der Waals surface area contributed by atoms with Gasteiger partial charge >= 0.3 is 0 Å². The summed E-state index contributed by atoms with van der Waals surface area (Å²) in [6, 6.07) is 17.4. The molecule has 0 aliphatic rings. The summed E-state index contributed by atoms with van der Waals surface area (Å²) in [7, 11) is 0. The summed E-state index contributed by atoms with van der Waals surface area (Å²) in [5.74, 6) is 1.33. The summed E-state index contributed by atoms with van der Waals surface area (Å²) in [6.07, 6.45) is 1.78. The molecule has 0 fully saturated rings. The Kier molecular flexibility index (Phi) is 3.31. The van der Waals surface area contributed by atoms with Crippen molar-refractivity contribution in [1.82, 2.24) is 14.8 Å². The molecule has 0 amide bonds. The van der Waals surface area contributed by atoms with Crippen LogP contribution in [0.3, 0.4) is 0 Å². The number of aromatic nitrogens is 3. The first-order valence-corrected chi connectivity index (χ1v) is 7.38. The fourth-order valence-electron chi connectivity index (χ4n) is 2.45. The van der Waals surface area contributed by atoms with Crippen LogP contribution in [0.15, 0.2) is 65.2 Å². The van der Waals surface area contributed by atoms with E-state index in [0.717, 1.165) is 28.2 Å². The fourth-order valence-corrected chi connectivity index (χ4v) is 2.45. The van der Waals surface area contributed by atoms with Crippen LogP contribution < -0.4 is 4.74 Å². The van der Waals surface area contributed by atoms with E-state index in [2.05, 4.69) is 10.1 Å². The average Bonchev–Trinajstić information content (AvgIpc) is 3.19. The summed E-state index contributed by atoms with van der Waals surface area (Å²) >= 11 is 0. The van der Waals surface area contributed by atoms with Crippen LogP contribution in [0.5, 0.6) is 5.75 Å². The van der Waals surface area contributed by atoms with E-state index >= 15 is 0 Å². The molecule has 23 heavy (non-hydrogen) atoms. The highest BCUT2D eigenvalue weighted by atomic mass is 16.5. The van der Waals surface area contributed by atoms with E-state index < -0.39 is 0 Å². The molecule has 2 aromatic carbocycles. The van der Waals surface area contributed by atoms with Crippen molar-refractivity contribution in [3.05, 3.63) is 72.4 Å². The van der Waals surface area contributed by atoms with Crippen LogP contribution in [0.25, 0.3) is 16.8 Å². The third kappa shape index (κ3) is 2.68. The van der Waals surface area contributed by atoms with Crippen molar-refractivity contribution in [3.63, 3.8) is 0 Å². The zero-order valence-electron chi connectivity index (χ0n) is 12.6. The number of hydrogen-bond acceptors (Lipinski definition) is 4. The molecule has 5 nitrogen and oxygen atoms in total. The van der Waals surface area contributed by atoms with Gasteiger partial charge in [-0.25, -0.2) is 9.67 Å². The van der Waals surface area contributed by atoms with Crippen LogP contribution in [0.2, 0.25) is 0 Å². The van der Waals surface area contributed by atoms with Crippen LogP contribution in [0, 0.1) is 6.92 Å². The van der Waals surface area contributed by atoms with Crippen LogP contribution in [-0.4, -0.2) is 14.8 Å². The molecule has 0 spiro atoms. The number of oxazole rings is 1. The molecule has 0 aliphatic carbocycles. The molecule has 0 saturated carbocycles. The zero-order valence-corrected chi connectivity index (χ0v) is 12.6. The van der Waals surface area contributed by atoms with E-state index in [9.17, 15) is 0 Å². The predicted octanol–water partition coefficient (Wildman–Crippen LogP) is 3.90. The number of benzene rings is 2. The standard InChI is InChI=1S/C18H15N3O2/c1-13-10-11-19-21(13)14-6-8-15(9-7-14)22-12-18-20-16-4-2-3-5-17(16)23-18/h2-11H,12H2,1H3. The average molecular weight is 305 g/mol. The molecule has 0 N–H and O–H groups in total. The van der Waals surface area contributed by atoms with E-state index in [-0.39, 0.29) is 0 Å². The molecule has 2 aromatic heterocycles. The molecular weight excluding hydrogens is 290 g/mol. The van der Waals surface area contributed by atoms with Gasteiger partial charge in [-0.3, -0.25) is 0 Å². The first-order valence-electron chi connectivity index (χ1n) is 7.38. The Labute approximate surface area is 133 Å². The third-order valence-electron chi connectivity index (χ3n) is 3.61. The van der Waals surface area contributed by atoms with Gasteiger partial charge in [-0.2, -0.15) is 5.10 Å². The molecule has 4 rings (SSSR count). The van der Waals surface area contributed by atoms with Gasteiger partial charge in [-0.15, -0.1) is 0 Å². The molecule has 0 bridgehead atoms. The van der Waals surface area contributed by atoms with Gasteiger partial charge in [0.25, 0.3) is 0 Å². The number of ether oxygens (including phenoxy) is 1. The maximum atomic E-state index is 5.74. The quantitative estimate of drug-likeness (QED) is 0.574. The SMILES string of the molecule is Cc1ccnn1-c1ccc(OCc2nc3ccccc3o2)cc1. The van der Waals surface area contributed by atoms with E-state index in [1.54, 1.807) is 6.20 Å². The lowest BCUT2D eigenvalue weighted by Gasteiger charge is -2.07. The molecule has 0 radical (unpaired) electrons. The monoisotopic (exact) mass is 305 g/mol. The smallest absolute Gasteiger partial charge is 0.233 e. The summed E-state index contributed by atoms with van der Waals surface area (Å²) in [5, 5.41) is 4.28. The highest BCUT2D eigenvalue weighted by Crippen LogP contribution is 2.19. The molecule has 0 saturated heterocycles. The van der Waals surface area contributed by atoms with Gasteiger partial charge in [-0.1, -0.05) is 12.1 Å². The number of fused-ring (bicyclic) bond motifs is 1. The Bertz CT molecular complexity index is 905. The minimum Gasteiger partial charge on any atom is -0.484 e. The largest absolute Gasteiger partial charge is 0.484 e. The van der Waals surface area contributed by atoms with Crippen molar-refractivity contribution in [2.75, 3.05) is 0 Å². The normalized spacial score (nSPS) is 11.0. The first-order chi connectivity index (χ1) is 11.3. The molecule has 0 unspecified atom stereocenters. The van der Waals surface area contributed by atoms with E-state index in [1.165, 1.54) is 0 Å². The lowest BCUT2D eigenvalue weighted by molar-refractivity contribution is 0.267. The van der Waals surface area contributed by atoms with Gasteiger partial charge in [0.15, 0.2) is 12.2 Å². The second kappa shape index (κ2) is 5.61. The summed E-state index contributed by atoms with van der Waals surface area (Å²) < 4.78 is 13.3.